The first-order chi connectivity index (χ1) is 19.2. The maximum absolute atomic E-state index is 12.0. The van der Waals surface area contributed by atoms with Gasteiger partial charge < -0.3 is 44.5 Å². The van der Waals surface area contributed by atoms with E-state index in [1.165, 1.54) is 5.57 Å². The number of rotatable bonds is 9. The van der Waals surface area contributed by atoms with E-state index >= 15 is 0 Å². The van der Waals surface area contributed by atoms with Crippen LogP contribution in [-0.4, -0.2) is 100 Å². The van der Waals surface area contributed by atoms with Gasteiger partial charge in [0.25, 0.3) is 0 Å². The molecule has 9 heteroatoms. The van der Waals surface area contributed by atoms with Crippen LogP contribution in [0.4, 0.5) is 0 Å². The quantitative estimate of drug-likeness (QED) is 0.261. The Hall–Kier alpha value is -1.14. The predicted octanol–water partition coefficient (Wildman–Crippen LogP) is 2.49. The summed E-state index contributed by atoms with van der Waals surface area (Å²) >= 11 is 0. The van der Waals surface area contributed by atoms with Gasteiger partial charge in [0, 0.05) is 18.4 Å². The second-order valence-electron chi connectivity index (χ2n) is 13.6. The molecule has 0 aromatic carbocycles. The highest BCUT2D eigenvalue weighted by Crippen LogP contribution is 2.55. The van der Waals surface area contributed by atoms with Crippen molar-refractivity contribution in [2.75, 3.05) is 20.3 Å². The van der Waals surface area contributed by atoms with Crippen molar-refractivity contribution in [1.29, 1.82) is 0 Å². The summed E-state index contributed by atoms with van der Waals surface area (Å²) in [6, 6.07) is 0. The maximum Gasteiger partial charge on any atom is 0.187 e. The minimum atomic E-state index is -1.56. The van der Waals surface area contributed by atoms with Gasteiger partial charge in [-0.1, -0.05) is 44.1 Å². The van der Waals surface area contributed by atoms with Crippen LogP contribution in [0.2, 0.25) is 0 Å². The number of fused-ring (bicyclic) bond motifs is 2. The second kappa shape index (κ2) is 12.5. The topological polar surface area (TPSA) is 138 Å². The van der Waals surface area contributed by atoms with E-state index in [0.29, 0.717) is 13.0 Å². The zero-order valence-electron chi connectivity index (χ0n) is 25.7. The first kappa shape index (κ1) is 32.8. The molecule has 1 aliphatic heterocycles. The van der Waals surface area contributed by atoms with Crippen LogP contribution < -0.4 is 0 Å². The average molecular weight is 581 g/mol. The Morgan fingerprint density at radius 2 is 1.76 bits per heavy atom. The van der Waals surface area contributed by atoms with Gasteiger partial charge >= 0.3 is 0 Å². The molecule has 0 bridgehead atoms. The second-order valence-corrected chi connectivity index (χ2v) is 13.6. The predicted molar refractivity (Wildman–Crippen MR) is 154 cm³/mol. The number of methoxy groups -OCH3 is 1. The lowest BCUT2D eigenvalue weighted by atomic mass is 9.68. The van der Waals surface area contributed by atoms with Gasteiger partial charge in [0.15, 0.2) is 6.29 Å². The summed E-state index contributed by atoms with van der Waals surface area (Å²) in [5.41, 5.74) is 1.51. The van der Waals surface area contributed by atoms with Crippen LogP contribution >= 0.6 is 0 Å². The monoisotopic (exact) mass is 580 g/mol. The van der Waals surface area contributed by atoms with Gasteiger partial charge in [-0.05, 0) is 63.4 Å². The van der Waals surface area contributed by atoms with Gasteiger partial charge in [0.05, 0.1) is 31.0 Å². The van der Waals surface area contributed by atoms with Gasteiger partial charge in [-0.15, -0.1) is 6.58 Å². The number of hydrogen-bond donors (Lipinski definition) is 5. The molecule has 5 N–H and O–H groups in total. The summed E-state index contributed by atoms with van der Waals surface area (Å²) in [6.07, 6.45) is -3.38. The standard InChI is InChI=1S/C32H52O9/c1-9-31(5,6)39-15-22-26(35)27(36)28(37)30(40-22)41-29-24-20(16(2)3)12-23(33)32(24,7)13-21-18(14-38-8)10-11-19(21)17(4)25(29)34/h9,13,16-19,22-23,25-30,33-37H,1,10-12,14-15H2,2-8H3/b21-13-/t17-,18-,19+,22-,23+,25-,26?,27?,28?,29-,30-,32+/m1/s1. The van der Waals surface area contributed by atoms with Gasteiger partial charge in [-0.2, -0.15) is 0 Å². The molecule has 41 heavy (non-hydrogen) atoms. The van der Waals surface area contributed by atoms with E-state index in [0.717, 1.165) is 24.0 Å². The van der Waals surface area contributed by atoms with Crippen molar-refractivity contribution in [1.82, 2.24) is 0 Å². The Labute approximate surface area is 244 Å². The summed E-state index contributed by atoms with van der Waals surface area (Å²) in [6.45, 7) is 16.0. The lowest BCUT2D eigenvalue weighted by molar-refractivity contribution is -0.319. The minimum absolute atomic E-state index is 0.0706. The van der Waals surface area contributed by atoms with Crippen molar-refractivity contribution in [2.24, 2.45) is 29.1 Å². The molecule has 0 amide bonds. The summed E-state index contributed by atoms with van der Waals surface area (Å²) in [4.78, 5) is 0. The third-order valence-corrected chi connectivity index (χ3v) is 10.1. The maximum atomic E-state index is 12.0. The third-order valence-electron chi connectivity index (χ3n) is 10.1. The van der Waals surface area contributed by atoms with Gasteiger partial charge in [-0.3, -0.25) is 0 Å². The highest BCUT2D eigenvalue weighted by atomic mass is 16.7. The van der Waals surface area contributed by atoms with E-state index in [1.807, 2.05) is 27.7 Å². The molecule has 1 saturated heterocycles. The van der Waals surface area contributed by atoms with E-state index < -0.39 is 60.0 Å². The molecule has 12 atom stereocenters. The lowest BCUT2D eigenvalue weighted by Crippen LogP contribution is -2.61. The molecular weight excluding hydrogens is 528 g/mol. The number of hydrogen-bond acceptors (Lipinski definition) is 9. The number of aliphatic hydroxyl groups is 5. The molecule has 0 spiro atoms. The summed E-state index contributed by atoms with van der Waals surface area (Å²) < 4.78 is 24.0. The molecule has 3 aliphatic carbocycles. The molecule has 3 unspecified atom stereocenters. The lowest BCUT2D eigenvalue weighted by Gasteiger charge is -2.46. The highest BCUT2D eigenvalue weighted by molar-refractivity contribution is 5.43. The Bertz CT molecular complexity index is 1010. The summed E-state index contributed by atoms with van der Waals surface area (Å²) in [5.74, 6) is 0.178. The van der Waals surface area contributed by atoms with Crippen LogP contribution in [0.3, 0.4) is 0 Å². The average Bonchev–Trinajstić information content (AvgIpc) is 3.42. The van der Waals surface area contributed by atoms with E-state index in [1.54, 1.807) is 13.2 Å². The van der Waals surface area contributed by atoms with E-state index in [4.69, 9.17) is 18.9 Å². The Kier molecular flexibility index (Phi) is 9.96. The Morgan fingerprint density at radius 1 is 1.07 bits per heavy atom. The van der Waals surface area contributed by atoms with Crippen molar-refractivity contribution < 1.29 is 44.5 Å². The van der Waals surface area contributed by atoms with E-state index in [2.05, 4.69) is 26.5 Å². The largest absolute Gasteiger partial charge is 0.392 e. The van der Waals surface area contributed by atoms with E-state index in [-0.39, 0.29) is 30.3 Å². The van der Waals surface area contributed by atoms with Crippen LogP contribution in [0.25, 0.3) is 0 Å². The number of aliphatic hydroxyl groups excluding tert-OH is 5. The zero-order chi connectivity index (χ0) is 30.4. The normalized spacial score (nSPS) is 44.7. The molecule has 1 heterocycles. The molecule has 1 saturated carbocycles. The fourth-order valence-electron chi connectivity index (χ4n) is 7.30. The summed E-state index contributed by atoms with van der Waals surface area (Å²) in [7, 11) is 1.70. The third kappa shape index (κ3) is 6.12. The molecule has 2 fully saturated rings. The Morgan fingerprint density at radius 3 is 2.37 bits per heavy atom. The van der Waals surface area contributed by atoms with Gasteiger partial charge in [0.1, 0.15) is 30.5 Å². The molecule has 4 aliphatic rings. The summed E-state index contributed by atoms with van der Waals surface area (Å²) in [5, 5.41) is 56.0. The first-order valence-electron chi connectivity index (χ1n) is 15.1. The fraction of sp³-hybridized carbons (Fsp3) is 0.812. The van der Waals surface area contributed by atoms with Crippen LogP contribution in [-0.2, 0) is 18.9 Å². The SMILES string of the molecule is C=CC(C)(C)OC[C@H]1O[C@H](O[C@@H]2C3=C(C(C)C)C[C@H](O)[C@]3(C)/C=C3/[C@@H](COC)CC[C@H]3[C@@H](C)[C@H]2O)C(O)C(O)C1O. The molecule has 4 rings (SSSR count). The zero-order valence-corrected chi connectivity index (χ0v) is 25.7. The van der Waals surface area contributed by atoms with E-state index in [9.17, 15) is 25.5 Å². The van der Waals surface area contributed by atoms with Gasteiger partial charge in [-0.25, -0.2) is 0 Å². The fourth-order valence-corrected chi connectivity index (χ4v) is 7.30. The smallest absolute Gasteiger partial charge is 0.187 e. The molecule has 234 valence electrons. The highest BCUT2D eigenvalue weighted by Gasteiger charge is 2.55. The van der Waals surface area contributed by atoms with Gasteiger partial charge in [0.2, 0.25) is 0 Å². The minimum Gasteiger partial charge on any atom is -0.392 e. The van der Waals surface area contributed by atoms with Crippen LogP contribution in [0.5, 0.6) is 0 Å². The van der Waals surface area contributed by atoms with Crippen LogP contribution in [0.1, 0.15) is 60.8 Å². The molecule has 9 nitrogen and oxygen atoms in total. The van der Waals surface area contributed by atoms with Crippen molar-refractivity contribution >= 4 is 0 Å². The van der Waals surface area contributed by atoms with Crippen molar-refractivity contribution in [3.8, 4) is 0 Å². The van der Waals surface area contributed by atoms with Crippen LogP contribution in [0.15, 0.2) is 35.5 Å². The van der Waals surface area contributed by atoms with Crippen molar-refractivity contribution in [2.45, 2.75) is 115 Å². The molecule has 0 radical (unpaired) electrons. The number of ether oxygens (including phenoxy) is 4. The van der Waals surface area contributed by atoms with Crippen molar-refractivity contribution in [3.05, 3.63) is 35.5 Å². The molecule has 0 aromatic rings. The van der Waals surface area contributed by atoms with Crippen molar-refractivity contribution in [3.63, 3.8) is 0 Å². The Balaban J connectivity index is 1.74. The molecule has 0 aromatic heterocycles. The first-order valence-corrected chi connectivity index (χ1v) is 15.1. The molecular formula is C32H52O9. The van der Waals surface area contributed by atoms with Crippen LogP contribution in [0, 0.1) is 29.1 Å².